The van der Waals surface area contributed by atoms with E-state index in [0.29, 0.717) is 12.2 Å². The second kappa shape index (κ2) is 5.76. The summed E-state index contributed by atoms with van der Waals surface area (Å²) in [4.78, 5) is 11.6. The Bertz CT molecular complexity index is 579. The Morgan fingerprint density at radius 3 is 2.38 bits per heavy atom. The number of rotatable bonds is 4. The number of cyclic esters (lactones) is 1. The van der Waals surface area contributed by atoms with Crippen molar-refractivity contribution in [3.05, 3.63) is 59.4 Å². The van der Waals surface area contributed by atoms with Crippen molar-refractivity contribution >= 4 is 5.97 Å². The molecular formula is C18H22O3. The van der Waals surface area contributed by atoms with E-state index in [-0.39, 0.29) is 11.9 Å². The van der Waals surface area contributed by atoms with Crippen LogP contribution in [0, 0.1) is 6.92 Å². The highest BCUT2D eigenvalue weighted by Gasteiger charge is 2.31. The van der Waals surface area contributed by atoms with E-state index in [1.807, 2.05) is 6.92 Å². The fraction of sp³-hybridized carbons (Fsp3) is 0.389. The van der Waals surface area contributed by atoms with Crippen molar-refractivity contribution in [2.45, 2.75) is 45.8 Å². The minimum absolute atomic E-state index is 0.124. The second-order valence-corrected chi connectivity index (χ2v) is 6.05. The molecule has 0 saturated carbocycles. The highest BCUT2D eigenvalue weighted by atomic mass is 16.7. The van der Waals surface area contributed by atoms with E-state index in [2.05, 4.69) is 37.8 Å². The number of hydrogen-bond acceptors (Lipinski definition) is 3. The molecule has 1 aromatic carbocycles. The summed E-state index contributed by atoms with van der Waals surface area (Å²) in [6, 6.07) is 8.36. The number of allylic oxidation sites excluding steroid dienone is 2. The molecule has 0 radical (unpaired) electrons. The summed E-state index contributed by atoms with van der Waals surface area (Å²) in [6.07, 6.45) is 2.03. The average molecular weight is 286 g/mol. The molecular weight excluding hydrogens is 264 g/mol. The fourth-order valence-corrected chi connectivity index (χ4v) is 2.45. The fourth-order valence-electron chi connectivity index (χ4n) is 2.45. The van der Waals surface area contributed by atoms with Crippen LogP contribution in [0.5, 0.6) is 0 Å². The maximum absolute atomic E-state index is 11.6. The standard InChI is InChI=1S/C18H22O3/c1-12(2)16(14-8-6-13(3)7-9-14)10-15-11-17(19)21-18(4,5)20-15/h6-9,11,16H,1,10H2,2-5H3/t16-/m0/s1. The van der Waals surface area contributed by atoms with Crippen molar-refractivity contribution in [1.29, 1.82) is 0 Å². The largest absolute Gasteiger partial charge is 0.457 e. The van der Waals surface area contributed by atoms with Crippen LogP contribution in [0.3, 0.4) is 0 Å². The first-order valence-electron chi connectivity index (χ1n) is 7.11. The van der Waals surface area contributed by atoms with E-state index in [0.717, 1.165) is 5.57 Å². The van der Waals surface area contributed by atoms with Gasteiger partial charge in [0.2, 0.25) is 5.79 Å². The summed E-state index contributed by atoms with van der Waals surface area (Å²) < 4.78 is 10.9. The minimum Gasteiger partial charge on any atom is -0.457 e. The molecule has 0 aliphatic carbocycles. The summed E-state index contributed by atoms with van der Waals surface area (Å²) >= 11 is 0. The van der Waals surface area contributed by atoms with Crippen LogP contribution in [0.25, 0.3) is 0 Å². The van der Waals surface area contributed by atoms with Crippen LogP contribution in [-0.4, -0.2) is 11.8 Å². The molecule has 0 spiro atoms. The van der Waals surface area contributed by atoms with Crippen molar-refractivity contribution in [2.24, 2.45) is 0 Å². The van der Waals surface area contributed by atoms with Gasteiger partial charge in [0.25, 0.3) is 0 Å². The number of esters is 1. The molecule has 3 nitrogen and oxygen atoms in total. The second-order valence-electron chi connectivity index (χ2n) is 6.05. The smallest absolute Gasteiger partial charge is 0.337 e. The molecule has 3 heteroatoms. The molecule has 0 fully saturated rings. The number of aryl methyl sites for hydroxylation is 1. The molecule has 1 aliphatic rings. The molecule has 1 aliphatic heterocycles. The molecule has 0 saturated heterocycles. The normalized spacial score (nSPS) is 18.3. The van der Waals surface area contributed by atoms with Crippen LogP contribution in [-0.2, 0) is 14.3 Å². The van der Waals surface area contributed by atoms with Crippen molar-refractivity contribution in [3.63, 3.8) is 0 Å². The lowest BCUT2D eigenvalue weighted by Gasteiger charge is -2.32. The van der Waals surface area contributed by atoms with Crippen molar-refractivity contribution in [3.8, 4) is 0 Å². The third kappa shape index (κ3) is 3.97. The Hall–Kier alpha value is -2.03. The Labute approximate surface area is 126 Å². The monoisotopic (exact) mass is 286 g/mol. The number of benzene rings is 1. The van der Waals surface area contributed by atoms with Crippen LogP contribution in [0.15, 0.2) is 48.3 Å². The van der Waals surface area contributed by atoms with Crippen LogP contribution in [0.1, 0.15) is 44.2 Å². The van der Waals surface area contributed by atoms with Crippen LogP contribution in [0.4, 0.5) is 0 Å². The Morgan fingerprint density at radius 1 is 1.24 bits per heavy atom. The zero-order valence-corrected chi connectivity index (χ0v) is 13.1. The third-order valence-electron chi connectivity index (χ3n) is 3.48. The Balaban J connectivity index is 2.23. The summed E-state index contributed by atoms with van der Waals surface area (Å²) in [5.41, 5.74) is 3.44. The van der Waals surface area contributed by atoms with Gasteiger partial charge in [-0.2, -0.15) is 0 Å². The maximum atomic E-state index is 11.6. The SMILES string of the molecule is C=C(C)[C@H](CC1=CC(=O)OC(C)(C)O1)c1ccc(C)cc1. The van der Waals surface area contributed by atoms with Crippen molar-refractivity contribution < 1.29 is 14.3 Å². The van der Waals surface area contributed by atoms with Gasteiger partial charge in [0.05, 0.1) is 6.08 Å². The first kappa shape index (κ1) is 15.4. The van der Waals surface area contributed by atoms with Gasteiger partial charge in [-0.05, 0) is 19.4 Å². The van der Waals surface area contributed by atoms with Gasteiger partial charge in [-0.25, -0.2) is 4.79 Å². The molecule has 1 heterocycles. The first-order chi connectivity index (χ1) is 9.77. The van der Waals surface area contributed by atoms with Gasteiger partial charge in [-0.1, -0.05) is 42.0 Å². The molecule has 0 amide bonds. The molecule has 0 unspecified atom stereocenters. The van der Waals surface area contributed by atoms with E-state index in [4.69, 9.17) is 9.47 Å². The minimum atomic E-state index is -0.909. The summed E-state index contributed by atoms with van der Waals surface area (Å²) in [5, 5.41) is 0. The molecule has 1 aromatic rings. The van der Waals surface area contributed by atoms with Gasteiger partial charge in [0.1, 0.15) is 5.76 Å². The lowest BCUT2D eigenvalue weighted by atomic mass is 9.88. The molecule has 2 rings (SSSR count). The van der Waals surface area contributed by atoms with Gasteiger partial charge in [-0.15, -0.1) is 0 Å². The van der Waals surface area contributed by atoms with Gasteiger partial charge in [0, 0.05) is 26.2 Å². The highest BCUT2D eigenvalue weighted by Crippen LogP contribution is 2.34. The molecule has 0 N–H and O–H groups in total. The summed E-state index contributed by atoms with van der Waals surface area (Å²) in [5.74, 6) is -0.498. The zero-order chi connectivity index (χ0) is 15.6. The number of carbonyl (C=O) groups excluding carboxylic acids is 1. The van der Waals surface area contributed by atoms with Crippen molar-refractivity contribution in [2.75, 3.05) is 0 Å². The van der Waals surface area contributed by atoms with Gasteiger partial charge >= 0.3 is 5.97 Å². The zero-order valence-electron chi connectivity index (χ0n) is 13.1. The first-order valence-corrected chi connectivity index (χ1v) is 7.11. The van der Waals surface area contributed by atoms with E-state index in [1.54, 1.807) is 13.8 Å². The summed E-state index contributed by atoms with van der Waals surface area (Å²) in [7, 11) is 0. The van der Waals surface area contributed by atoms with Crippen LogP contribution < -0.4 is 0 Å². The number of ether oxygens (including phenoxy) is 2. The van der Waals surface area contributed by atoms with Crippen molar-refractivity contribution in [1.82, 2.24) is 0 Å². The van der Waals surface area contributed by atoms with Gasteiger partial charge in [-0.3, -0.25) is 0 Å². The molecule has 21 heavy (non-hydrogen) atoms. The van der Waals surface area contributed by atoms with Crippen LogP contribution >= 0.6 is 0 Å². The number of hydrogen-bond donors (Lipinski definition) is 0. The van der Waals surface area contributed by atoms with Gasteiger partial charge < -0.3 is 9.47 Å². The van der Waals surface area contributed by atoms with E-state index in [1.165, 1.54) is 17.2 Å². The molecule has 1 atom stereocenters. The predicted molar refractivity (Wildman–Crippen MR) is 82.7 cm³/mol. The van der Waals surface area contributed by atoms with E-state index in [9.17, 15) is 4.79 Å². The predicted octanol–water partition coefficient (Wildman–Crippen LogP) is 4.24. The molecule has 0 aromatic heterocycles. The summed E-state index contributed by atoms with van der Waals surface area (Å²) in [6.45, 7) is 11.6. The maximum Gasteiger partial charge on any atom is 0.337 e. The average Bonchev–Trinajstić information content (AvgIpc) is 2.34. The lowest BCUT2D eigenvalue weighted by molar-refractivity contribution is -0.206. The van der Waals surface area contributed by atoms with Crippen LogP contribution in [0.2, 0.25) is 0 Å². The van der Waals surface area contributed by atoms with E-state index >= 15 is 0 Å². The number of carbonyl (C=O) groups is 1. The van der Waals surface area contributed by atoms with E-state index < -0.39 is 5.79 Å². The topological polar surface area (TPSA) is 35.5 Å². The Kier molecular flexibility index (Phi) is 4.21. The lowest BCUT2D eigenvalue weighted by Crippen LogP contribution is -2.34. The highest BCUT2D eigenvalue weighted by molar-refractivity contribution is 5.83. The van der Waals surface area contributed by atoms with Gasteiger partial charge in [0.15, 0.2) is 0 Å². The molecule has 0 bridgehead atoms. The molecule has 112 valence electrons. The quantitative estimate of drug-likeness (QED) is 0.613. The third-order valence-corrected chi connectivity index (χ3v) is 3.48. The Morgan fingerprint density at radius 2 is 1.86 bits per heavy atom.